The number of aromatic nitrogens is 4. The van der Waals surface area contributed by atoms with Crippen LogP contribution in [0, 0.1) is 0 Å². The first-order valence-electron chi connectivity index (χ1n) is 6.35. The van der Waals surface area contributed by atoms with Crippen molar-refractivity contribution in [1.29, 1.82) is 0 Å². The van der Waals surface area contributed by atoms with E-state index in [4.69, 9.17) is 0 Å². The largest absolute Gasteiger partial charge is 0.350 e. The molecule has 0 aliphatic rings. The van der Waals surface area contributed by atoms with Gasteiger partial charge in [0.25, 0.3) is 5.91 Å². The summed E-state index contributed by atoms with van der Waals surface area (Å²) in [6.07, 6.45) is 3.52. The first-order valence-corrected chi connectivity index (χ1v) is 6.35. The van der Waals surface area contributed by atoms with E-state index < -0.39 is 0 Å². The molecule has 6 heteroatoms. The Hall–Kier alpha value is -2.24. The molecular weight excluding hydrogens is 242 g/mol. The SMILES string of the molecule is CCC[C@@H](C)NC(=O)c1cccc(-n2cnnn2)c1. The summed E-state index contributed by atoms with van der Waals surface area (Å²) in [5, 5.41) is 13.9. The lowest BCUT2D eigenvalue weighted by atomic mass is 10.1. The van der Waals surface area contributed by atoms with Gasteiger partial charge in [-0.2, -0.15) is 0 Å². The molecule has 1 aromatic heterocycles. The average molecular weight is 259 g/mol. The Morgan fingerprint density at radius 3 is 3.00 bits per heavy atom. The fourth-order valence-electron chi connectivity index (χ4n) is 1.88. The van der Waals surface area contributed by atoms with Gasteiger partial charge in [-0.15, -0.1) is 5.10 Å². The maximum Gasteiger partial charge on any atom is 0.251 e. The van der Waals surface area contributed by atoms with E-state index >= 15 is 0 Å². The van der Waals surface area contributed by atoms with Crippen molar-refractivity contribution in [3.05, 3.63) is 36.2 Å². The van der Waals surface area contributed by atoms with Gasteiger partial charge in [0.15, 0.2) is 0 Å². The molecule has 1 aromatic carbocycles. The van der Waals surface area contributed by atoms with Crippen LogP contribution in [0.15, 0.2) is 30.6 Å². The topological polar surface area (TPSA) is 72.7 Å². The highest BCUT2D eigenvalue weighted by atomic mass is 16.1. The standard InChI is InChI=1S/C13H17N5O/c1-3-5-10(2)15-13(19)11-6-4-7-12(8-11)18-9-14-16-17-18/h4,6-10H,3,5H2,1-2H3,(H,15,19)/t10-/m1/s1. The summed E-state index contributed by atoms with van der Waals surface area (Å²) >= 11 is 0. The van der Waals surface area contributed by atoms with Crippen LogP contribution >= 0.6 is 0 Å². The molecule has 0 saturated carbocycles. The molecule has 1 amide bonds. The van der Waals surface area contributed by atoms with Crippen LogP contribution in [0.1, 0.15) is 37.0 Å². The minimum absolute atomic E-state index is 0.0733. The summed E-state index contributed by atoms with van der Waals surface area (Å²) in [4.78, 5) is 12.1. The first kappa shape index (κ1) is 13.2. The molecule has 1 heterocycles. The number of hydrogen-bond donors (Lipinski definition) is 1. The van der Waals surface area contributed by atoms with Gasteiger partial charge in [0, 0.05) is 11.6 Å². The third-order valence-electron chi connectivity index (χ3n) is 2.82. The Labute approximate surface area is 111 Å². The van der Waals surface area contributed by atoms with E-state index in [0.717, 1.165) is 18.5 Å². The molecule has 2 aromatic rings. The molecule has 100 valence electrons. The highest BCUT2D eigenvalue weighted by molar-refractivity contribution is 5.94. The van der Waals surface area contributed by atoms with Crippen LogP contribution in [-0.2, 0) is 0 Å². The van der Waals surface area contributed by atoms with Crippen molar-refractivity contribution in [2.45, 2.75) is 32.7 Å². The average Bonchev–Trinajstić information content (AvgIpc) is 2.93. The van der Waals surface area contributed by atoms with Crippen molar-refractivity contribution in [1.82, 2.24) is 25.5 Å². The fraction of sp³-hybridized carbons (Fsp3) is 0.385. The van der Waals surface area contributed by atoms with Crippen LogP contribution in [0.25, 0.3) is 5.69 Å². The number of nitrogens with zero attached hydrogens (tertiary/aromatic N) is 4. The number of hydrogen-bond acceptors (Lipinski definition) is 4. The number of carbonyl (C=O) groups is 1. The van der Waals surface area contributed by atoms with Gasteiger partial charge in [0.05, 0.1) is 5.69 Å². The number of amides is 1. The number of tetrazole rings is 1. The highest BCUT2D eigenvalue weighted by Crippen LogP contribution is 2.09. The summed E-state index contributed by atoms with van der Waals surface area (Å²) in [5.41, 5.74) is 1.37. The molecule has 0 unspecified atom stereocenters. The molecule has 1 atom stereocenters. The number of benzene rings is 1. The molecule has 0 spiro atoms. The molecule has 0 bridgehead atoms. The zero-order chi connectivity index (χ0) is 13.7. The van der Waals surface area contributed by atoms with Crippen LogP contribution in [-0.4, -0.2) is 32.2 Å². The minimum atomic E-state index is -0.0733. The van der Waals surface area contributed by atoms with Crippen molar-refractivity contribution >= 4 is 5.91 Å². The molecule has 1 N–H and O–H groups in total. The number of rotatable bonds is 5. The Morgan fingerprint density at radius 2 is 2.32 bits per heavy atom. The van der Waals surface area contributed by atoms with Crippen LogP contribution in [0.5, 0.6) is 0 Å². The Kier molecular flexibility index (Phi) is 4.22. The van der Waals surface area contributed by atoms with Crippen molar-refractivity contribution in [2.75, 3.05) is 0 Å². The first-order chi connectivity index (χ1) is 9.20. The predicted octanol–water partition coefficient (Wildman–Crippen LogP) is 1.58. The maximum absolute atomic E-state index is 12.1. The molecule has 2 rings (SSSR count). The summed E-state index contributed by atoms with van der Waals surface area (Å²) < 4.78 is 1.52. The van der Waals surface area contributed by atoms with Crippen LogP contribution in [0.3, 0.4) is 0 Å². The lowest BCUT2D eigenvalue weighted by molar-refractivity contribution is 0.0938. The van der Waals surface area contributed by atoms with E-state index in [1.165, 1.54) is 11.0 Å². The minimum Gasteiger partial charge on any atom is -0.350 e. The van der Waals surface area contributed by atoms with Gasteiger partial charge < -0.3 is 5.32 Å². The number of carbonyl (C=O) groups excluding carboxylic acids is 1. The van der Waals surface area contributed by atoms with Crippen molar-refractivity contribution < 1.29 is 4.79 Å². The molecule has 0 aliphatic carbocycles. The monoisotopic (exact) mass is 259 g/mol. The Morgan fingerprint density at radius 1 is 1.47 bits per heavy atom. The van der Waals surface area contributed by atoms with Crippen LogP contribution < -0.4 is 5.32 Å². The summed E-state index contributed by atoms with van der Waals surface area (Å²) in [6.45, 7) is 4.10. The van der Waals surface area contributed by atoms with Gasteiger partial charge in [-0.3, -0.25) is 4.79 Å². The third-order valence-corrected chi connectivity index (χ3v) is 2.82. The second-order valence-electron chi connectivity index (χ2n) is 4.47. The molecule has 0 radical (unpaired) electrons. The second-order valence-corrected chi connectivity index (χ2v) is 4.47. The van der Waals surface area contributed by atoms with E-state index in [0.29, 0.717) is 5.56 Å². The molecular formula is C13H17N5O. The van der Waals surface area contributed by atoms with Gasteiger partial charge in [0.1, 0.15) is 6.33 Å². The van der Waals surface area contributed by atoms with Crippen molar-refractivity contribution in [2.24, 2.45) is 0 Å². The van der Waals surface area contributed by atoms with E-state index in [-0.39, 0.29) is 11.9 Å². The molecule has 0 saturated heterocycles. The summed E-state index contributed by atoms with van der Waals surface area (Å²) in [5.74, 6) is -0.0733. The van der Waals surface area contributed by atoms with Crippen molar-refractivity contribution in [3.63, 3.8) is 0 Å². The highest BCUT2D eigenvalue weighted by Gasteiger charge is 2.10. The third kappa shape index (κ3) is 3.37. The zero-order valence-electron chi connectivity index (χ0n) is 11.1. The molecule has 0 aliphatic heterocycles. The van der Waals surface area contributed by atoms with Crippen LogP contribution in [0.4, 0.5) is 0 Å². The van der Waals surface area contributed by atoms with E-state index in [9.17, 15) is 4.79 Å². The quantitative estimate of drug-likeness (QED) is 0.884. The van der Waals surface area contributed by atoms with Gasteiger partial charge in [0.2, 0.25) is 0 Å². The molecule has 6 nitrogen and oxygen atoms in total. The van der Waals surface area contributed by atoms with Gasteiger partial charge in [-0.1, -0.05) is 19.4 Å². The van der Waals surface area contributed by atoms with Gasteiger partial charge in [-0.05, 0) is 42.0 Å². The summed E-state index contributed by atoms with van der Waals surface area (Å²) in [7, 11) is 0. The second kappa shape index (κ2) is 6.08. The molecule has 0 fully saturated rings. The Balaban J connectivity index is 2.12. The summed E-state index contributed by atoms with van der Waals surface area (Å²) in [6, 6.07) is 7.39. The van der Waals surface area contributed by atoms with E-state index in [2.05, 4.69) is 27.8 Å². The van der Waals surface area contributed by atoms with Gasteiger partial charge in [-0.25, -0.2) is 4.68 Å². The Bertz CT molecular complexity index is 538. The lowest BCUT2D eigenvalue weighted by Crippen LogP contribution is -2.32. The predicted molar refractivity (Wildman–Crippen MR) is 71.0 cm³/mol. The maximum atomic E-state index is 12.1. The molecule has 19 heavy (non-hydrogen) atoms. The number of nitrogens with one attached hydrogen (secondary N) is 1. The van der Waals surface area contributed by atoms with Crippen molar-refractivity contribution in [3.8, 4) is 5.69 Å². The van der Waals surface area contributed by atoms with E-state index in [1.807, 2.05) is 19.1 Å². The fourth-order valence-corrected chi connectivity index (χ4v) is 1.88. The van der Waals surface area contributed by atoms with Gasteiger partial charge >= 0.3 is 0 Å². The normalized spacial score (nSPS) is 12.1. The smallest absolute Gasteiger partial charge is 0.251 e. The van der Waals surface area contributed by atoms with E-state index in [1.54, 1.807) is 12.1 Å². The van der Waals surface area contributed by atoms with Crippen LogP contribution in [0.2, 0.25) is 0 Å². The lowest BCUT2D eigenvalue weighted by Gasteiger charge is -2.13. The zero-order valence-corrected chi connectivity index (χ0v) is 11.1.